The van der Waals surface area contributed by atoms with Gasteiger partial charge in [-0.1, -0.05) is 43.6 Å². The minimum absolute atomic E-state index is 0.510. The summed E-state index contributed by atoms with van der Waals surface area (Å²) in [4.78, 5) is 8.34. The second kappa shape index (κ2) is 10.7. The average Bonchev–Trinajstić information content (AvgIpc) is 2.64. The summed E-state index contributed by atoms with van der Waals surface area (Å²) in [6.45, 7) is 6.45. The molecule has 0 spiro atoms. The molecule has 6 heteroatoms. The van der Waals surface area contributed by atoms with Crippen molar-refractivity contribution in [1.82, 2.24) is 15.6 Å². The van der Waals surface area contributed by atoms with Crippen LogP contribution in [0.5, 0.6) is 5.75 Å². The normalized spacial score (nSPS) is 11.5. The molecule has 1 aromatic carbocycles. The third-order valence-corrected chi connectivity index (χ3v) is 3.88. The van der Waals surface area contributed by atoms with E-state index >= 15 is 0 Å². The highest BCUT2D eigenvalue weighted by Gasteiger charge is 2.02. The van der Waals surface area contributed by atoms with Crippen molar-refractivity contribution in [2.24, 2.45) is 10.9 Å². The van der Waals surface area contributed by atoms with Gasteiger partial charge in [0, 0.05) is 26.3 Å². The fourth-order valence-electron chi connectivity index (χ4n) is 2.29. The van der Waals surface area contributed by atoms with Crippen LogP contribution >= 0.6 is 11.6 Å². The minimum atomic E-state index is 0.510. The zero-order valence-electron chi connectivity index (χ0n) is 15.6. The highest BCUT2D eigenvalue weighted by Crippen LogP contribution is 2.14. The van der Waals surface area contributed by atoms with E-state index in [0.29, 0.717) is 17.6 Å². The Morgan fingerprint density at radius 1 is 1.19 bits per heavy atom. The zero-order chi connectivity index (χ0) is 18.8. The van der Waals surface area contributed by atoms with Crippen molar-refractivity contribution in [3.8, 4) is 5.75 Å². The van der Waals surface area contributed by atoms with Crippen molar-refractivity contribution < 1.29 is 4.74 Å². The molecule has 0 atom stereocenters. The number of pyridine rings is 1. The van der Waals surface area contributed by atoms with Crippen LogP contribution in [0.2, 0.25) is 5.15 Å². The molecule has 0 radical (unpaired) electrons. The molecule has 0 aliphatic rings. The van der Waals surface area contributed by atoms with E-state index in [2.05, 4.69) is 46.6 Å². The molecule has 26 heavy (non-hydrogen) atoms. The molecule has 0 saturated carbocycles. The first-order valence-corrected chi connectivity index (χ1v) is 9.21. The van der Waals surface area contributed by atoms with Crippen LogP contribution in [0, 0.1) is 5.92 Å². The van der Waals surface area contributed by atoms with E-state index in [9.17, 15) is 0 Å². The largest absolute Gasteiger partial charge is 0.493 e. The molecular formula is C20H27ClN4O. The number of guanidine groups is 1. The molecule has 0 saturated heterocycles. The molecule has 0 unspecified atom stereocenters. The van der Waals surface area contributed by atoms with Gasteiger partial charge in [-0.05, 0) is 41.7 Å². The van der Waals surface area contributed by atoms with Crippen LogP contribution in [0.1, 0.15) is 25.0 Å². The third kappa shape index (κ3) is 7.31. The quantitative estimate of drug-likeness (QED) is 0.420. The van der Waals surface area contributed by atoms with Crippen LogP contribution in [0.15, 0.2) is 47.6 Å². The van der Waals surface area contributed by atoms with Gasteiger partial charge in [-0.15, -0.1) is 0 Å². The summed E-state index contributed by atoms with van der Waals surface area (Å²) < 4.78 is 5.77. The van der Waals surface area contributed by atoms with E-state index in [1.807, 2.05) is 18.2 Å². The average molecular weight is 375 g/mol. The lowest BCUT2D eigenvalue weighted by Crippen LogP contribution is -2.37. The van der Waals surface area contributed by atoms with E-state index < -0.39 is 0 Å². The predicted molar refractivity (Wildman–Crippen MR) is 108 cm³/mol. The number of benzene rings is 1. The van der Waals surface area contributed by atoms with Crippen LogP contribution in [-0.4, -0.2) is 31.1 Å². The van der Waals surface area contributed by atoms with Crippen molar-refractivity contribution in [3.05, 3.63) is 58.9 Å². The molecule has 0 fully saturated rings. The molecule has 2 rings (SSSR count). The number of rotatable bonds is 8. The molecular weight excluding hydrogens is 348 g/mol. The summed E-state index contributed by atoms with van der Waals surface area (Å²) in [6, 6.07) is 11.9. The van der Waals surface area contributed by atoms with Crippen LogP contribution in [0.4, 0.5) is 0 Å². The van der Waals surface area contributed by atoms with Gasteiger partial charge in [0.15, 0.2) is 5.96 Å². The Balaban J connectivity index is 1.77. The SMILES string of the molecule is CN=C(NCCc1ccc(Cl)nc1)NCc1cccc(OCC(C)C)c1. The molecule has 0 amide bonds. The first-order valence-electron chi connectivity index (χ1n) is 8.83. The van der Waals surface area contributed by atoms with Crippen LogP contribution in [0.3, 0.4) is 0 Å². The Morgan fingerprint density at radius 2 is 2.04 bits per heavy atom. The van der Waals surface area contributed by atoms with Crippen molar-refractivity contribution >= 4 is 17.6 Å². The Hall–Kier alpha value is -2.27. The highest BCUT2D eigenvalue weighted by molar-refractivity contribution is 6.29. The lowest BCUT2D eigenvalue weighted by atomic mass is 10.2. The number of hydrogen-bond donors (Lipinski definition) is 2. The van der Waals surface area contributed by atoms with E-state index in [0.717, 1.165) is 42.4 Å². The monoisotopic (exact) mass is 374 g/mol. The molecule has 5 nitrogen and oxygen atoms in total. The van der Waals surface area contributed by atoms with Crippen molar-refractivity contribution in [3.63, 3.8) is 0 Å². The standard InChI is InChI=1S/C20H27ClN4O/c1-15(2)14-26-18-6-4-5-17(11-18)13-25-20(22-3)23-10-9-16-7-8-19(21)24-12-16/h4-8,11-12,15H,9-10,13-14H2,1-3H3,(H2,22,23,25). The lowest BCUT2D eigenvalue weighted by molar-refractivity contribution is 0.271. The van der Waals surface area contributed by atoms with Crippen molar-refractivity contribution in [2.45, 2.75) is 26.8 Å². The second-order valence-corrected chi connectivity index (χ2v) is 6.83. The van der Waals surface area contributed by atoms with Gasteiger partial charge in [-0.2, -0.15) is 0 Å². The number of aromatic nitrogens is 1. The molecule has 1 aromatic heterocycles. The van der Waals surface area contributed by atoms with Gasteiger partial charge in [0.2, 0.25) is 0 Å². The van der Waals surface area contributed by atoms with Crippen LogP contribution in [-0.2, 0) is 13.0 Å². The maximum atomic E-state index is 5.80. The molecule has 140 valence electrons. The number of nitrogens with zero attached hydrogens (tertiary/aromatic N) is 2. The minimum Gasteiger partial charge on any atom is -0.493 e. The summed E-state index contributed by atoms with van der Waals surface area (Å²) in [7, 11) is 1.77. The first-order chi connectivity index (χ1) is 12.6. The molecule has 1 heterocycles. The van der Waals surface area contributed by atoms with Crippen molar-refractivity contribution in [1.29, 1.82) is 0 Å². The maximum absolute atomic E-state index is 5.80. The van der Waals surface area contributed by atoms with E-state index in [-0.39, 0.29) is 0 Å². The van der Waals surface area contributed by atoms with Gasteiger partial charge < -0.3 is 15.4 Å². The van der Waals surface area contributed by atoms with Gasteiger partial charge in [-0.3, -0.25) is 4.99 Å². The summed E-state index contributed by atoms with van der Waals surface area (Å²) in [5.74, 6) is 2.17. The van der Waals surface area contributed by atoms with Crippen molar-refractivity contribution in [2.75, 3.05) is 20.2 Å². The lowest BCUT2D eigenvalue weighted by Gasteiger charge is -2.13. The molecule has 0 aliphatic carbocycles. The third-order valence-electron chi connectivity index (χ3n) is 3.66. The van der Waals surface area contributed by atoms with Crippen LogP contribution < -0.4 is 15.4 Å². The summed E-state index contributed by atoms with van der Waals surface area (Å²) in [5, 5.41) is 7.14. The summed E-state index contributed by atoms with van der Waals surface area (Å²) in [5.41, 5.74) is 2.28. The van der Waals surface area contributed by atoms with E-state index in [1.165, 1.54) is 0 Å². The maximum Gasteiger partial charge on any atom is 0.191 e. The van der Waals surface area contributed by atoms with E-state index in [1.54, 1.807) is 19.3 Å². The molecule has 0 aliphatic heterocycles. The van der Waals surface area contributed by atoms with Gasteiger partial charge in [-0.25, -0.2) is 4.98 Å². The number of aliphatic imine (C=N–C) groups is 1. The van der Waals surface area contributed by atoms with Gasteiger partial charge in [0.25, 0.3) is 0 Å². The Kier molecular flexibility index (Phi) is 8.22. The first kappa shape index (κ1) is 20.0. The summed E-state index contributed by atoms with van der Waals surface area (Å²) >= 11 is 5.80. The fourth-order valence-corrected chi connectivity index (χ4v) is 2.41. The number of hydrogen-bond acceptors (Lipinski definition) is 3. The second-order valence-electron chi connectivity index (χ2n) is 6.44. The topological polar surface area (TPSA) is 58.5 Å². The van der Waals surface area contributed by atoms with Gasteiger partial charge >= 0.3 is 0 Å². The highest BCUT2D eigenvalue weighted by atomic mass is 35.5. The number of halogens is 1. The Labute approximate surface area is 160 Å². The molecule has 2 N–H and O–H groups in total. The predicted octanol–water partition coefficient (Wildman–Crippen LogP) is 3.68. The van der Waals surface area contributed by atoms with E-state index in [4.69, 9.17) is 16.3 Å². The molecule has 0 bridgehead atoms. The fraction of sp³-hybridized carbons (Fsp3) is 0.400. The Bertz CT molecular complexity index is 701. The smallest absolute Gasteiger partial charge is 0.191 e. The zero-order valence-corrected chi connectivity index (χ0v) is 16.4. The molecule has 2 aromatic rings. The number of ether oxygens (including phenoxy) is 1. The van der Waals surface area contributed by atoms with Gasteiger partial charge in [0.05, 0.1) is 6.61 Å². The van der Waals surface area contributed by atoms with Gasteiger partial charge in [0.1, 0.15) is 10.9 Å². The van der Waals surface area contributed by atoms with Crippen LogP contribution in [0.25, 0.3) is 0 Å². The summed E-state index contributed by atoms with van der Waals surface area (Å²) in [6.07, 6.45) is 2.65. The number of nitrogens with one attached hydrogen (secondary N) is 2. The Morgan fingerprint density at radius 3 is 2.73 bits per heavy atom.